The van der Waals surface area contributed by atoms with Crippen LogP contribution in [0.15, 0.2) is 75.3 Å². The van der Waals surface area contributed by atoms with Crippen molar-refractivity contribution < 1.29 is 0 Å². The first-order valence-electron chi connectivity index (χ1n) is 8.55. The molecule has 3 rings (SSSR count). The molecule has 0 saturated carbocycles. The second-order valence-electron chi connectivity index (χ2n) is 6.32. The molecule has 1 heterocycles. The van der Waals surface area contributed by atoms with Crippen LogP contribution in [0.1, 0.15) is 31.4 Å². The van der Waals surface area contributed by atoms with Gasteiger partial charge in [0.05, 0.1) is 34.2 Å². The number of hydrogen-bond donors (Lipinski definition) is 0. The van der Waals surface area contributed by atoms with Gasteiger partial charge in [-0.25, -0.2) is 4.99 Å². The monoisotopic (exact) mass is 329 g/mol. The molecule has 0 N–H and O–H groups in total. The summed E-state index contributed by atoms with van der Waals surface area (Å²) in [6, 6.07) is 16.3. The zero-order valence-electron chi connectivity index (χ0n) is 15.2. The number of hydrogen-bond acceptors (Lipinski definition) is 3. The topological polar surface area (TPSA) is 37.1 Å². The predicted molar refractivity (Wildman–Crippen MR) is 108 cm³/mol. The standard InChI is InChI=1S/C22H23N3/c1-15-9-5-7-11-19(15)23-17(3)21-13-14-22(25-21)18(4)24-20-12-8-6-10-16(20)2/h5-13H,14H2,1-4H3. The fourth-order valence-electron chi connectivity index (χ4n) is 2.75. The van der Waals surface area contributed by atoms with Crippen molar-refractivity contribution in [3.05, 3.63) is 71.4 Å². The summed E-state index contributed by atoms with van der Waals surface area (Å²) in [6.07, 6.45) is 2.93. The maximum Gasteiger partial charge on any atom is 0.0810 e. The molecule has 3 heteroatoms. The molecule has 1 aliphatic heterocycles. The Hall–Kier alpha value is -2.81. The molecule has 3 nitrogen and oxygen atoms in total. The minimum atomic E-state index is 0.803. The van der Waals surface area contributed by atoms with Gasteiger partial charge in [0.15, 0.2) is 0 Å². The van der Waals surface area contributed by atoms with Gasteiger partial charge in [0.25, 0.3) is 0 Å². The van der Waals surface area contributed by atoms with E-state index >= 15 is 0 Å². The second-order valence-corrected chi connectivity index (χ2v) is 6.32. The minimum absolute atomic E-state index is 0.803. The molecule has 0 atom stereocenters. The van der Waals surface area contributed by atoms with Gasteiger partial charge in [0, 0.05) is 6.42 Å². The van der Waals surface area contributed by atoms with E-state index < -0.39 is 0 Å². The normalized spacial score (nSPS) is 15.2. The number of para-hydroxylation sites is 2. The van der Waals surface area contributed by atoms with Gasteiger partial charge in [-0.15, -0.1) is 0 Å². The number of aryl methyl sites for hydroxylation is 2. The van der Waals surface area contributed by atoms with Gasteiger partial charge >= 0.3 is 0 Å². The minimum Gasteiger partial charge on any atom is -0.252 e. The molecule has 0 bridgehead atoms. The number of allylic oxidation sites excluding steroid dienone is 2. The highest BCUT2D eigenvalue weighted by Crippen LogP contribution is 2.22. The van der Waals surface area contributed by atoms with Crippen molar-refractivity contribution in [1.29, 1.82) is 0 Å². The van der Waals surface area contributed by atoms with E-state index in [9.17, 15) is 0 Å². The molecule has 0 aliphatic carbocycles. The first kappa shape index (κ1) is 17.0. The summed E-state index contributed by atoms with van der Waals surface area (Å²) in [5, 5.41) is 0. The number of aliphatic imine (C=N–C) groups is 3. The third kappa shape index (κ3) is 4.00. The van der Waals surface area contributed by atoms with Crippen LogP contribution in [0.4, 0.5) is 11.4 Å². The van der Waals surface area contributed by atoms with Crippen LogP contribution in [0.25, 0.3) is 0 Å². The van der Waals surface area contributed by atoms with Gasteiger partial charge in [0.2, 0.25) is 0 Å². The molecule has 1 aliphatic rings. The Morgan fingerprint density at radius 2 is 1.32 bits per heavy atom. The van der Waals surface area contributed by atoms with E-state index in [1.165, 1.54) is 11.1 Å². The van der Waals surface area contributed by atoms with E-state index in [0.717, 1.165) is 40.6 Å². The molecular formula is C22H23N3. The van der Waals surface area contributed by atoms with Crippen LogP contribution >= 0.6 is 0 Å². The quantitative estimate of drug-likeness (QED) is 0.625. The van der Waals surface area contributed by atoms with Gasteiger partial charge in [-0.3, -0.25) is 9.98 Å². The van der Waals surface area contributed by atoms with Crippen molar-refractivity contribution in [1.82, 2.24) is 0 Å². The Labute approximate surface area is 149 Å². The predicted octanol–water partition coefficient (Wildman–Crippen LogP) is 5.92. The van der Waals surface area contributed by atoms with E-state index in [1.54, 1.807) is 0 Å². The molecule has 0 amide bonds. The SMILES string of the molecule is CC(=Nc1ccccc1C)C1=CCC(C(C)=Nc2ccccc2C)=N1. The largest absolute Gasteiger partial charge is 0.252 e. The molecule has 0 saturated heterocycles. The summed E-state index contributed by atoms with van der Waals surface area (Å²) in [4.78, 5) is 14.2. The van der Waals surface area contributed by atoms with Gasteiger partial charge in [-0.2, -0.15) is 0 Å². The highest BCUT2D eigenvalue weighted by atomic mass is 14.9. The average Bonchev–Trinajstić information content (AvgIpc) is 3.09. The maximum atomic E-state index is 4.76. The van der Waals surface area contributed by atoms with Crippen LogP contribution in [-0.4, -0.2) is 17.1 Å². The molecular weight excluding hydrogens is 306 g/mol. The molecule has 0 radical (unpaired) electrons. The van der Waals surface area contributed by atoms with Gasteiger partial charge in [-0.1, -0.05) is 42.5 Å². The summed E-state index contributed by atoms with van der Waals surface area (Å²) >= 11 is 0. The summed E-state index contributed by atoms with van der Waals surface area (Å²) in [6.45, 7) is 8.18. The van der Waals surface area contributed by atoms with Crippen molar-refractivity contribution in [3.8, 4) is 0 Å². The van der Waals surface area contributed by atoms with E-state index in [4.69, 9.17) is 15.0 Å². The van der Waals surface area contributed by atoms with E-state index in [1.807, 2.05) is 50.2 Å². The van der Waals surface area contributed by atoms with Gasteiger partial charge in [0.1, 0.15) is 0 Å². The lowest BCUT2D eigenvalue weighted by Gasteiger charge is -2.04. The average molecular weight is 329 g/mol. The van der Waals surface area contributed by atoms with Crippen LogP contribution in [0.2, 0.25) is 0 Å². The molecule has 0 unspecified atom stereocenters. The molecule has 0 aromatic heterocycles. The smallest absolute Gasteiger partial charge is 0.0810 e. The summed E-state index contributed by atoms with van der Waals surface area (Å²) in [5.41, 5.74) is 8.19. The molecule has 2 aromatic rings. The van der Waals surface area contributed by atoms with Gasteiger partial charge in [-0.05, 0) is 51.0 Å². The first-order valence-corrected chi connectivity index (χ1v) is 8.55. The lowest BCUT2D eigenvalue weighted by Crippen LogP contribution is -2.07. The highest BCUT2D eigenvalue weighted by Gasteiger charge is 2.14. The lowest BCUT2D eigenvalue weighted by molar-refractivity contribution is 1.36. The lowest BCUT2D eigenvalue weighted by atomic mass is 10.1. The summed E-state index contributed by atoms with van der Waals surface area (Å²) in [7, 11) is 0. The molecule has 0 fully saturated rings. The number of nitrogens with zero attached hydrogens (tertiary/aromatic N) is 3. The zero-order valence-corrected chi connectivity index (χ0v) is 15.2. The van der Waals surface area contributed by atoms with E-state index in [2.05, 4.69) is 32.1 Å². The van der Waals surface area contributed by atoms with Crippen molar-refractivity contribution in [2.75, 3.05) is 0 Å². The summed E-state index contributed by atoms with van der Waals surface area (Å²) in [5.74, 6) is 0. The van der Waals surface area contributed by atoms with Crippen LogP contribution in [0.5, 0.6) is 0 Å². The molecule has 126 valence electrons. The maximum absolute atomic E-state index is 4.76. The molecule has 0 spiro atoms. The van der Waals surface area contributed by atoms with Crippen LogP contribution < -0.4 is 0 Å². The van der Waals surface area contributed by atoms with Crippen LogP contribution in [0.3, 0.4) is 0 Å². The third-order valence-corrected chi connectivity index (χ3v) is 4.34. The number of benzene rings is 2. The molecule has 2 aromatic carbocycles. The fraction of sp³-hybridized carbons (Fsp3) is 0.227. The second kappa shape index (κ2) is 7.39. The molecule has 25 heavy (non-hydrogen) atoms. The first-order chi connectivity index (χ1) is 12.0. The Balaban J connectivity index is 1.82. The Morgan fingerprint density at radius 1 is 0.800 bits per heavy atom. The Morgan fingerprint density at radius 3 is 1.88 bits per heavy atom. The van der Waals surface area contributed by atoms with E-state index in [-0.39, 0.29) is 0 Å². The summed E-state index contributed by atoms with van der Waals surface area (Å²) < 4.78 is 0. The third-order valence-electron chi connectivity index (χ3n) is 4.34. The van der Waals surface area contributed by atoms with Crippen LogP contribution in [-0.2, 0) is 0 Å². The van der Waals surface area contributed by atoms with Crippen molar-refractivity contribution in [3.63, 3.8) is 0 Å². The Kier molecular flexibility index (Phi) is 5.03. The fourth-order valence-corrected chi connectivity index (χ4v) is 2.75. The van der Waals surface area contributed by atoms with Crippen molar-refractivity contribution in [2.24, 2.45) is 15.0 Å². The Bertz CT molecular complexity index is 914. The zero-order chi connectivity index (χ0) is 17.8. The van der Waals surface area contributed by atoms with Crippen molar-refractivity contribution in [2.45, 2.75) is 34.1 Å². The van der Waals surface area contributed by atoms with Crippen molar-refractivity contribution >= 4 is 28.5 Å². The van der Waals surface area contributed by atoms with Gasteiger partial charge < -0.3 is 0 Å². The van der Waals surface area contributed by atoms with E-state index in [0.29, 0.717) is 0 Å². The highest BCUT2D eigenvalue weighted by molar-refractivity contribution is 6.43. The number of rotatable bonds is 4. The van der Waals surface area contributed by atoms with Crippen LogP contribution in [0, 0.1) is 13.8 Å².